The molecule has 10 nitrogen and oxygen atoms in total. The molecule has 1 aliphatic rings. The standard InChI is InChI=1S/C18H19N7O3S/c1-9-4-5-11-13(6-9)29-18-14(11)16-20-15(21-24(16)8-19-18)10(2)23-7-12(25(26)27)17(22-23)28-3/h7-10H,4-6H2,1-3H3/t9-,10-/m1/s1. The van der Waals surface area contributed by atoms with Crippen LogP contribution >= 0.6 is 11.3 Å². The molecule has 0 saturated heterocycles. The van der Waals surface area contributed by atoms with E-state index >= 15 is 0 Å². The number of hydrogen-bond acceptors (Lipinski definition) is 8. The third-order valence-electron chi connectivity index (χ3n) is 5.49. The van der Waals surface area contributed by atoms with Crippen molar-refractivity contribution in [2.75, 3.05) is 7.11 Å². The Morgan fingerprint density at radius 3 is 2.97 bits per heavy atom. The predicted octanol–water partition coefficient (Wildman–Crippen LogP) is 3.19. The molecule has 0 bridgehead atoms. The van der Waals surface area contributed by atoms with E-state index in [4.69, 9.17) is 9.72 Å². The summed E-state index contributed by atoms with van der Waals surface area (Å²) in [7, 11) is 1.36. The molecule has 29 heavy (non-hydrogen) atoms. The number of nitrogens with zero attached hydrogens (tertiary/aromatic N) is 7. The molecule has 0 radical (unpaired) electrons. The molecule has 4 aromatic heterocycles. The highest BCUT2D eigenvalue weighted by atomic mass is 32.1. The van der Waals surface area contributed by atoms with Crippen LogP contribution in [0.1, 0.15) is 42.6 Å². The molecule has 1 aliphatic carbocycles. The molecule has 0 aromatic carbocycles. The lowest BCUT2D eigenvalue weighted by atomic mass is 9.89. The van der Waals surface area contributed by atoms with E-state index in [0.717, 1.165) is 35.1 Å². The smallest absolute Gasteiger partial charge is 0.350 e. The van der Waals surface area contributed by atoms with Gasteiger partial charge in [0.05, 0.1) is 17.4 Å². The summed E-state index contributed by atoms with van der Waals surface area (Å²) in [6.07, 6.45) is 6.29. The van der Waals surface area contributed by atoms with E-state index in [1.54, 1.807) is 22.2 Å². The lowest BCUT2D eigenvalue weighted by molar-refractivity contribution is -0.385. The molecular formula is C18H19N7O3S. The average molecular weight is 413 g/mol. The van der Waals surface area contributed by atoms with Crippen LogP contribution in [0.5, 0.6) is 5.88 Å². The van der Waals surface area contributed by atoms with Crippen LogP contribution in [0.2, 0.25) is 0 Å². The lowest BCUT2D eigenvalue weighted by Gasteiger charge is -2.17. The van der Waals surface area contributed by atoms with E-state index in [-0.39, 0.29) is 11.6 Å². The van der Waals surface area contributed by atoms with Crippen molar-refractivity contribution in [3.63, 3.8) is 0 Å². The Morgan fingerprint density at radius 2 is 2.24 bits per heavy atom. The summed E-state index contributed by atoms with van der Waals surface area (Å²) < 4.78 is 8.17. The summed E-state index contributed by atoms with van der Waals surface area (Å²) in [5.74, 6) is 1.17. The van der Waals surface area contributed by atoms with Crippen LogP contribution in [0.15, 0.2) is 12.5 Å². The first-order valence-electron chi connectivity index (χ1n) is 9.39. The predicted molar refractivity (Wildman–Crippen MR) is 107 cm³/mol. The van der Waals surface area contributed by atoms with Gasteiger partial charge in [-0.15, -0.1) is 21.5 Å². The van der Waals surface area contributed by atoms with E-state index in [2.05, 4.69) is 22.1 Å². The minimum absolute atomic E-state index is 0.0318. The number of rotatable bonds is 4. The van der Waals surface area contributed by atoms with Crippen molar-refractivity contribution in [1.82, 2.24) is 29.4 Å². The Hall–Kier alpha value is -3.08. The Bertz CT molecular complexity index is 1260. The third kappa shape index (κ3) is 2.76. The second-order valence-corrected chi connectivity index (χ2v) is 8.53. The highest BCUT2D eigenvalue weighted by Crippen LogP contribution is 2.38. The number of thiophene rings is 1. The first-order chi connectivity index (χ1) is 14.0. The molecule has 150 valence electrons. The van der Waals surface area contributed by atoms with E-state index < -0.39 is 11.0 Å². The summed E-state index contributed by atoms with van der Waals surface area (Å²) in [6.45, 7) is 4.13. The van der Waals surface area contributed by atoms with Gasteiger partial charge in [0.2, 0.25) is 0 Å². The van der Waals surface area contributed by atoms with E-state index in [1.165, 1.54) is 28.4 Å². The lowest BCUT2D eigenvalue weighted by Crippen LogP contribution is -2.09. The van der Waals surface area contributed by atoms with Gasteiger partial charge >= 0.3 is 11.6 Å². The van der Waals surface area contributed by atoms with Crippen molar-refractivity contribution in [2.45, 2.75) is 39.2 Å². The fraction of sp³-hybridized carbons (Fsp3) is 0.444. The van der Waals surface area contributed by atoms with Gasteiger partial charge in [0.25, 0.3) is 0 Å². The fourth-order valence-electron chi connectivity index (χ4n) is 3.89. The van der Waals surface area contributed by atoms with Gasteiger partial charge in [-0.05, 0) is 37.7 Å². The molecule has 0 saturated carbocycles. The van der Waals surface area contributed by atoms with Crippen molar-refractivity contribution in [3.05, 3.63) is 38.9 Å². The molecule has 5 rings (SSSR count). The average Bonchev–Trinajstić information content (AvgIpc) is 3.40. The van der Waals surface area contributed by atoms with Crippen LogP contribution in [0, 0.1) is 16.0 Å². The first kappa shape index (κ1) is 18.0. The highest BCUT2D eigenvalue weighted by Gasteiger charge is 2.27. The summed E-state index contributed by atoms with van der Waals surface area (Å²) >= 11 is 1.74. The molecule has 0 spiro atoms. The number of methoxy groups -OCH3 is 1. The minimum atomic E-state index is -0.516. The van der Waals surface area contributed by atoms with Crippen LogP contribution in [0.3, 0.4) is 0 Å². The third-order valence-corrected chi connectivity index (χ3v) is 6.65. The van der Waals surface area contributed by atoms with Crippen molar-refractivity contribution < 1.29 is 9.66 Å². The molecule has 0 unspecified atom stereocenters. The maximum Gasteiger partial charge on any atom is 0.350 e. The monoisotopic (exact) mass is 413 g/mol. The van der Waals surface area contributed by atoms with Crippen molar-refractivity contribution >= 4 is 32.9 Å². The van der Waals surface area contributed by atoms with Crippen LogP contribution in [-0.2, 0) is 12.8 Å². The number of aryl methyl sites for hydroxylation is 1. The van der Waals surface area contributed by atoms with Crippen LogP contribution in [0.25, 0.3) is 15.9 Å². The Kier molecular flexibility index (Phi) is 4.02. The first-order valence-corrected chi connectivity index (χ1v) is 10.2. The van der Waals surface area contributed by atoms with E-state index in [1.807, 2.05) is 6.92 Å². The van der Waals surface area contributed by atoms with Gasteiger partial charge in [0.15, 0.2) is 11.5 Å². The molecule has 0 N–H and O–H groups in total. The van der Waals surface area contributed by atoms with Gasteiger partial charge in [-0.2, -0.15) is 0 Å². The maximum absolute atomic E-state index is 11.2. The zero-order valence-corrected chi connectivity index (χ0v) is 17.0. The summed E-state index contributed by atoms with van der Waals surface area (Å²) in [5, 5.41) is 21.0. The zero-order chi connectivity index (χ0) is 20.3. The Labute approximate surface area is 169 Å². The van der Waals surface area contributed by atoms with Crippen LogP contribution in [-0.4, -0.2) is 41.4 Å². The molecule has 4 heterocycles. The van der Waals surface area contributed by atoms with Gasteiger partial charge in [0.1, 0.15) is 23.4 Å². The van der Waals surface area contributed by atoms with Crippen molar-refractivity contribution in [3.8, 4) is 5.88 Å². The van der Waals surface area contributed by atoms with Crippen molar-refractivity contribution in [2.24, 2.45) is 5.92 Å². The van der Waals surface area contributed by atoms with E-state index in [9.17, 15) is 10.1 Å². The normalized spacial score (nSPS) is 17.6. The molecule has 0 amide bonds. The van der Waals surface area contributed by atoms with Crippen LogP contribution < -0.4 is 4.74 Å². The SMILES string of the molecule is COc1nn([C@H](C)c2nc3c4c5c(sc4ncn3n2)C[C@H](C)CC5)cc1[N+](=O)[O-]. The van der Waals surface area contributed by atoms with E-state index in [0.29, 0.717) is 11.7 Å². The summed E-state index contributed by atoms with van der Waals surface area (Å²) in [4.78, 5) is 22.4. The fourth-order valence-corrected chi connectivity index (χ4v) is 5.23. The zero-order valence-electron chi connectivity index (χ0n) is 16.2. The Balaban J connectivity index is 1.61. The van der Waals surface area contributed by atoms with Crippen LogP contribution in [0.4, 0.5) is 5.69 Å². The van der Waals surface area contributed by atoms with Gasteiger partial charge in [-0.3, -0.25) is 14.8 Å². The number of nitro groups is 1. The number of ether oxygens (including phenoxy) is 1. The van der Waals surface area contributed by atoms with Gasteiger partial charge < -0.3 is 4.74 Å². The largest absolute Gasteiger partial charge is 0.475 e. The summed E-state index contributed by atoms with van der Waals surface area (Å²) in [6, 6.07) is -0.401. The Morgan fingerprint density at radius 1 is 1.41 bits per heavy atom. The highest BCUT2D eigenvalue weighted by molar-refractivity contribution is 7.19. The topological polar surface area (TPSA) is 113 Å². The second kappa shape index (κ2) is 6.48. The maximum atomic E-state index is 11.2. The molecule has 0 aliphatic heterocycles. The number of hydrogen-bond donors (Lipinski definition) is 0. The van der Waals surface area contributed by atoms with Crippen molar-refractivity contribution in [1.29, 1.82) is 0 Å². The van der Waals surface area contributed by atoms with Gasteiger partial charge in [-0.25, -0.2) is 14.5 Å². The van der Waals surface area contributed by atoms with Gasteiger partial charge in [0, 0.05) is 4.88 Å². The molecule has 2 atom stereocenters. The summed E-state index contributed by atoms with van der Waals surface area (Å²) in [5.41, 5.74) is 1.93. The quantitative estimate of drug-likeness (QED) is 0.373. The number of fused-ring (bicyclic) bond motifs is 5. The molecular weight excluding hydrogens is 394 g/mol. The molecule has 0 fully saturated rings. The van der Waals surface area contributed by atoms with Gasteiger partial charge in [-0.1, -0.05) is 6.92 Å². The minimum Gasteiger partial charge on any atom is -0.475 e. The molecule has 11 heteroatoms. The second-order valence-electron chi connectivity index (χ2n) is 7.45. The molecule has 4 aromatic rings. The number of aromatic nitrogens is 6.